The molecule has 0 aliphatic heterocycles. The van der Waals surface area contributed by atoms with Crippen LogP contribution in [0.15, 0.2) is 42.5 Å². The molecule has 1 unspecified atom stereocenters. The van der Waals surface area contributed by atoms with Crippen molar-refractivity contribution in [1.82, 2.24) is 0 Å². The molecular formula is C20H23ClO5. The molecule has 2 rings (SSSR count). The first kappa shape index (κ1) is 19.9. The van der Waals surface area contributed by atoms with Crippen LogP contribution in [0.25, 0.3) is 0 Å². The normalized spacial score (nSPS) is 11.7. The molecule has 0 saturated carbocycles. The van der Waals surface area contributed by atoms with E-state index in [0.717, 1.165) is 12.8 Å². The predicted molar refractivity (Wildman–Crippen MR) is 100 cm³/mol. The molecule has 0 aliphatic rings. The van der Waals surface area contributed by atoms with Gasteiger partial charge in [0, 0.05) is 28.8 Å². The van der Waals surface area contributed by atoms with Gasteiger partial charge in [-0.1, -0.05) is 37.6 Å². The highest BCUT2D eigenvalue weighted by Gasteiger charge is 2.22. The van der Waals surface area contributed by atoms with Crippen LogP contribution in [-0.2, 0) is 4.79 Å². The van der Waals surface area contributed by atoms with Gasteiger partial charge in [-0.05, 0) is 25.0 Å². The first-order valence-electron chi connectivity index (χ1n) is 8.59. The monoisotopic (exact) mass is 378 g/mol. The van der Waals surface area contributed by atoms with Crippen LogP contribution in [-0.4, -0.2) is 24.3 Å². The van der Waals surface area contributed by atoms with E-state index in [4.69, 9.17) is 25.8 Å². The third-order valence-corrected chi connectivity index (χ3v) is 3.70. The maximum atomic E-state index is 11.7. The Bertz CT molecular complexity index is 688. The van der Waals surface area contributed by atoms with E-state index in [1.807, 2.05) is 13.8 Å². The number of halogens is 1. The van der Waals surface area contributed by atoms with Gasteiger partial charge in [-0.15, -0.1) is 0 Å². The summed E-state index contributed by atoms with van der Waals surface area (Å²) in [6.45, 7) is 5.12. The largest absolute Gasteiger partial charge is 0.493 e. The Morgan fingerprint density at radius 3 is 1.92 bits per heavy atom. The fraction of sp³-hybridized carbons (Fsp3) is 0.350. The Kier molecular flexibility index (Phi) is 7.60. The van der Waals surface area contributed by atoms with Crippen molar-refractivity contribution >= 4 is 17.6 Å². The number of carbonyl (C=O) groups is 1. The van der Waals surface area contributed by atoms with E-state index in [9.17, 15) is 9.90 Å². The summed E-state index contributed by atoms with van der Waals surface area (Å²) in [5, 5.41) is 10.1. The van der Waals surface area contributed by atoms with Crippen LogP contribution in [0, 0.1) is 0 Å². The molecule has 0 spiro atoms. The Labute approximate surface area is 158 Å². The lowest BCUT2D eigenvalue weighted by Gasteiger charge is -2.17. The summed E-state index contributed by atoms with van der Waals surface area (Å²) in [7, 11) is 0. The standard InChI is InChI=1S/C20H23ClO5/c1-3-9-24-16-11-17(25-10-4-2)13-18(12-16)26-19(20(22)23)14-5-7-15(21)8-6-14/h5-8,11-13,19H,3-4,9-10H2,1-2H3,(H,22,23). The minimum atomic E-state index is -1.16. The van der Waals surface area contributed by atoms with Crippen LogP contribution in [0.3, 0.4) is 0 Å². The zero-order valence-corrected chi connectivity index (χ0v) is 15.7. The van der Waals surface area contributed by atoms with Gasteiger partial charge >= 0.3 is 5.97 Å². The third-order valence-electron chi connectivity index (χ3n) is 3.45. The lowest BCUT2D eigenvalue weighted by atomic mass is 10.1. The fourth-order valence-corrected chi connectivity index (χ4v) is 2.38. The van der Waals surface area contributed by atoms with Gasteiger partial charge < -0.3 is 19.3 Å². The van der Waals surface area contributed by atoms with Gasteiger partial charge in [-0.3, -0.25) is 0 Å². The van der Waals surface area contributed by atoms with Crippen molar-refractivity contribution in [2.45, 2.75) is 32.8 Å². The second-order valence-electron chi connectivity index (χ2n) is 5.72. The Balaban J connectivity index is 2.28. The molecule has 2 aromatic rings. The molecule has 1 N–H and O–H groups in total. The maximum absolute atomic E-state index is 11.7. The molecule has 6 heteroatoms. The summed E-state index contributed by atoms with van der Waals surface area (Å²) in [5.41, 5.74) is 0.498. The van der Waals surface area contributed by atoms with Crippen molar-refractivity contribution in [2.24, 2.45) is 0 Å². The van der Waals surface area contributed by atoms with Crippen molar-refractivity contribution < 1.29 is 24.1 Å². The summed E-state index contributed by atoms with van der Waals surface area (Å²) >= 11 is 5.87. The molecule has 0 saturated heterocycles. The lowest BCUT2D eigenvalue weighted by Crippen LogP contribution is -2.18. The SMILES string of the molecule is CCCOc1cc(OCCC)cc(OC(C(=O)O)c2ccc(Cl)cc2)c1. The number of benzene rings is 2. The van der Waals surface area contributed by atoms with Gasteiger partial charge in [0.15, 0.2) is 0 Å². The Hall–Kier alpha value is -2.40. The van der Waals surface area contributed by atoms with Gasteiger partial charge in [-0.25, -0.2) is 4.79 Å². The number of ether oxygens (including phenoxy) is 3. The van der Waals surface area contributed by atoms with Gasteiger partial charge in [0.1, 0.15) is 17.2 Å². The average Bonchev–Trinajstić information content (AvgIpc) is 2.63. The van der Waals surface area contributed by atoms with Crippen molar-refractivity contribution in [3.63, 3.8) is 0 Å². The van der Waals surface area contributed by atoms with E-state index in [1.54, 1.807) is 42.5 Å². The molecule has 5 nitrogen and oxygen atoms in total. The fourth-order valence-electron chi connectivity index (χ4n) is 2.25. The average molecular weight is 379 g/mol. The van der Waals surface area contributed by atoms with Gasteiger partial charge in [0.05, 0.1) is 13.2 Å². The van der Waals surface area contributed by atoms with Crippen LogP contribution in [0.1, 0.15) is 38.4 Å². The smallest absolute Gasteiger partial charge is 0.349 e. The number of hydrogen-bond acceptors (Lipinski definition) is 4. The summed E-state index contributed by atoms with van der Waals surface area (Å²) in [5.74, 6) is 0.432. The van der Waals surface area contributed by atoms with Gasteiger partial charge in [-0.2, -0.15) is 0 Å². The van der Waals surface area contributed by atoms with E-state index < -0.39 is 12.1 Å². The highest BCUT2D eigenvalue weighted by molar-refractivity contribution is 6.30. The van der Waals surface area contributed by atoms with Crippen LogP contribution in [0.2, 0.25) is 5.02 Å². The molecule has 0 amide bonds. The molecule has 0 aliphatic carbocycles. The zero-order chi connectivity index (χ0) is 18.9. The quantitative estimate of drug-likeness (QED) is 0.621. The highest BCUT2D eigenvalue weighted by Crippen LogP contribution is 2.31. The maximum Gasteiger partial charge on any atom is 0.349 e. The number of carboxylic acid groups (broad SMARTS) is 1. The first-order chi connectivity index (χ1) is 12.5. The van der Waals surface area contributed by atoms with E-state index >= 15 is 0 Å². The van der Waals surface area contributed by atoms with Crippen LogP contribution in [0.5, 0.6) is 17.2 Å². The van der Waals surface area contributed by atoms with Crippen molar-refractivity contribution in [1.29, 1.82) is 0 Å². The minimum Gasteiger partial charge on any atom is -0.493 e. The van der Waals surface area contributed by atoms with Crippen molar-refractivity contribution in [3.05, 3.63) is 53.1 Å². The Morgan fingerprint density at radius 1 is 0.962 bits per heavy atom. The first-order valence-corrected chi connectivity index (χ1v) is 8.97. The van der Waals surface area contributed by atoms with E-state index in [1.165, 1.54) is 0 Å². The lowest BCUT2D eigenvalue weighted by molar-refractivity contribution is -0.145. The minimum absolute atomic E-state index is 0.368. The third kappa shape index (κ3) is 5.85. The van der Waals surface area contributed by atoms with E-state index in [2.05, 4.69) is 0 Å². The topological polar surface area (TPSA) is 65.0 Å². The van der Waals surface area contributed by atoms with Crippen molar-refractivity contribution in [2.75, 3.05) is 13.2 Å². The Morgan fingerprint density at radius 2 is 1.46 bits per heavy atom. The number of aliphatic carboxylic acids is 1. The predicted octanol–water partition coefficient (Wildman–Crippen LogP) is 5.12. The highest BCUT2D eigenvalue weighted by atomic mass is 35.5. The molecule has 0 radical (unpaired) electrons. The summed E-state index contributed by atoms with van der Waals surface area (Å²) in [4.78, 5) is 11.7. The molecule has 0 bridgehead atoms. The van der Waals surface area contributed by atoms with E-state index in [0.29, 0.717) is 41.0 Å². The molecule has 140 valence electrons. The summed E-state index contributed by atoms with van der Waals surface area (Å²) in [6, 6.07) is 11.6. The van der Waals surface area contributed by atoms with Crippen LogP contribution in [0.4, 0.5) is 0 Å². The number of hydrogen-bond donors (Lipinski definition) is 1. The molecule has 1 atom stereocenters. The van der Waals surface area contributed by atoms with Crippen LogP contribution < -0.4 is 14.2 Å². The zero-order valence-electron chi connectivity index (χ0n) is 14.9. The van der Waals surface area contributed by atoms with Gasteiger partial charge in [0.25, 0.3) is 0 Å². The molecule has 0 fully saturated rings. The summed E-state index contributed by atoms with van der Waals surface area (Å²) in [6.07, 6.45) is 0.560. The number of carboxylic acids is 1. The molecular weight excluding hydrogens is 356 g/mol. The molecule has 26 heavy (non-hydrogen) atoms. The molecule has 2 aromatic carbocycles. The second kappa shape index (κ2) is 9.92. The second-order valence-corrected chi connectivity index (χ2v) is 6.16. The van der Waals surface area contributed by atoms with Crippen molar-refractivity contribution in [3.8, 4) is 17.2 Å². The molecule has 0 heterocycles. The van der Waals surface area contributed by atoms with Gasteiger partial charge in [0.2, 0.25) is 6.10 Å². The molecule has 0 aromatic heterocycles. The summed E-state index contributed by atoms with van der Waals surface area (Å²) < 4.78 is 17.1. The van der Waals surface area contributed by atoms with E-state index in [-0.39, 0.29) is 0 Å². The van der Waals surface area contributed by atoms with Crippen LogP contribution >= 0.6 is 11.6 Å². The number of rotatable bonds is 10.